The minimum atomic E-state index is -0.501. The Balaban J connectivity index is 1.55. The fraction of sp³-hybridized carbons (Fsp3) is 0.577. The normalized spacial score (nSPS) is 30.3. The van der Waals surface area contributed by atoms with E-state index in [-0.39, 0.29) is 6.04 Å². The van der Waals surface area contributed by atoms with Crippen molar-refractivity contribution < 1.29 is 9.84 Å². The third kappa shape index (κ3) is 3.54. The molecule has 1 unspecified atom stereocenters. The first-order chi connectivity index (χ1) is 14.7. The number of ether oxygens (including phenoxy) is 1. The number of nitrogens with zero attached hydrogens (tertiary/aromatic N) is 2. The molecule has 30 heavy (non-hydrogen) atoms. The molecule has 0 radical (unpaired) electrons. The first-order valence-electron chi connectivity index (χ1n) is 11.7. The highest BCUT2D eigenvalue weighted by Gasteiger charge is 2.42. The summed E-state index contributed by atoms with van der Waals surface area (Å²) in [4.78, 5) is 7.53. The molecule has 4 heteroatoms. The lowest BCUT2D eigenvalue weighted by Crippen LogP contribution is -2.54. The molecule has 4 fully saturated rings. The Hall–Kier alpha value is -1.91. The molecule has 3 saturated heterocycles. The van der Waals surface area contributed by atoms with Crippen molar-refractivity contribution in [1.82, 2.24) is 9.88 Å². The van der Waals surface area contributed by atoms with Crippen LogP contribution in [0.4, 0.5) is 0 Å². The lowest BCUT2D eigenvalue weighted by Gasteiger charge is -2.50. The third-order valence-corrected chi connectivity index (χ3v) is 7.93. The van der Waals surface area contributed by atoms with E-state index in [1.807, 2.05) is 6.07 Å². The fourth-order valence-electron chi connectivity index (χ4n) is 6.14. The second kappa shape index (κ2) is 8.32. The average Bonchev–Trinajstić information content (AvgIpc) is 2.83. The summed E-state index contributed by atoms with van der Waals surface area (Å²) < 4.78 is 5.50. The molecule has 1 aliphatic carbocycles. The van der Waals surface area contributed by atoms with Gasteiger partial charge in [0.05, 0.1) is 18.7 Å². The minimum absolute atomic E-state index is 0.177. The molecular weight excluding hydrogens is 372 g/mol. The monoisotopic (exact) mass is 406 g/mol. The third-order valence-electron chi connectivity index (χ3n) is 7.93. The van der Waals surface area contributed by atoms with E-state index in [1.165, 1.54) is 44.2 Å². The lowest BCUT2D eigenvalue weighted by atomic mass is 9.73. The summed E-state index contributed by atoms with van der Waals surface area (Å²) in [6, 6.07) is 8.48. The van der Waals surface area contributed by atoms with Crippen LogP contribution >= 0.6 is 0 Å². The summed E-state index contributed by atoms with van der Waals surface area (Å²) >= 11 is 0. The predicted molar refractivity (Wildman–Crippen MR) is 121 cm³/mol. The van der Waals surface area contributed by atoms with Crippen molar-refractivity contribution in [2.75, 3.05) is 20.2 Å². The van der Waals surface area contributed by atoms with Gasteiger partial charge in [0.15, 0.2) is 0 Å². The highest BCUT2D eigenvalue weighted by Crippen LogP contribution is 2.43. The number of methoxy groups -OCH3 is 1. The largest absolute Gasteiger partial charge is 0.497 e. The Labute approximate surface area is 179 Å². The summed E-state index contributed by atoms with van der Waals surface area (Å²) in [5, 5.41) is 12.7. The van der Waals surface area contributed by atoms with Gasteiger partial charge < -0.3 is 9.84 Å². The zero-order valence-electron chi connectivity index (χ0n) is 18.1. The number of fused-ring (bicyclic) bond motifs is 4. The summed E-state index contributed by atoms with van der Waals surface area (Å²) in [6.45, 7) is 6.15. The Kier molecular flexibility index (Phi) is 5.55. The van der Waals surface area contributed by atoms with Crippen molar-refractivity contribution >= 4 is 10.9 Å². The van der Waals surface area contributed by atoms with E-state index in [0.29, 0.717) is 17.8 Å². The van der Waals surface area contributed by atoms with Gasteiger partial charge in [-0.1, -0.05) is 25.3 Å². The number of hydrogen-bond acceptors (Lipinski definition) is 4. The van der Waals surface area contributed by atoms with Crippen molar-refractivity contribution in [3.05, 3.63) is 48.2 Å². The smallest absolute Gasteiger partial charge is 0.119 e. The van der Waals surface area contributed by atoms with Crippen LogP contribution in [0.1, 0.15) is 68.2 Å². The summed E-state index contributed by atoms with van der Waals surface area (Å²) in [5.74, 6) is 2.55. The van der Waals surface area contributed by atoms with Gasteiger partial charge in [-0.2, -0.15) is 0 Å². The summed E-state index contributed by atoms with van der Waals surface area (Å²) in [5.41, 5.74) is 3.18. The predicted octanol–water partition coefficient (Wildman–Crippen LogP) is 5.22. The van der Waals surface area contributed by atoms with E-state index in [4.69, 9.17) is 9.72 Å². The summed E-state index contributed by atoms with van der Waals surface area (Å²) in [7, 11) is 1.70. The molecule has 2 bridgehead atoms. The maximum Gasteiger partial charge on any atom is 0.119 e. The topological polar surface area (TPSA) is 45.6 Å². The van der Waals surface area contributed by atoms with E-state index in [9.17, 15) is 5.11 Å². The highest BCUT2D eigenvalue weighted by molar-refractivity contribution is 5.84. The van der Waals surface area contributed by atoms with E-state index < -0.39 is 6.10 Å². The van der Waals surface area contributed by atoms with Crippen LogP contribution in [0.15, 0.2) is 36.9 Å². The molecule has 6 rings (SSSR count). The number of hydrogen-bond donors (Lipinski definition) is 1. The standard InChI is InChI=1S/C26H34N2O2/c1-3-17-16-28-12-11-19(17)13-25(28)26(29)22-15-24(18-7-5-4-6-8-18)27-23-10-9-20(30-2)14-21(22)23/h3,9-10,14-15,17-19,25-26,29H,1,4-8,11-13,16H2,2H3/t17-,19-,25-,26+/m0/s1. The number of aromatic nitrogens is 1. The van der Waals surface area contributed by atoms with Gasteiger partial charge in [-0.05, 0) is 73.9 Å². The number of aliphatic hydroxyl groups excluding tert-OH is 1. The van der Waals surface area contributed by atoms with E-state index in [0.717, 1.165) is 41.7 Å². The van der Waals surface area contributed by atoms with Crippen molar-refractivity contribution in [2.45, 2.75) is 63.0 Å². The molecule has 2 aromatic rings. The van der Waals surface area contributed by atoms with Crippen LogP contribution in [0, 0.1) is 11.8 Å². The van der Waals surface area contributed by atoms with Crippen LogP contribution in [0.25, 0.3) is 10.9 Å². The molecule has 4 nitrogen and oxygen atoms in total. The van der Waals surface area contributed by atoms with Crippen LogP contribution < -0.4 is 4.74 Å². The Morgan fingerprint density at radius 1 is 1.20 bits per heavy atom. The van der Waals surface area contributed by atoms with E-state index in [1.54, 1.807) is 7.11 Å². The lowest BCUT2D eigenvalue weighted by molar-refractivity contribution is -0.0445. The number of rotatable bonds is 5. The number of benzene rings is 1. The molecule has 1 N–H and O–H groups in total. The zero-order valence-corrected chi connectivity index (χ0v) is 18.1. The summed E-state index contributed by atoms with van der Waals surface area (Å²) in [6.07, 6.45) is 10.2. The van der Waals surface area contributed by atoms with E-state index >= 15 is 0 Å². The zero-order chi connectivity index (χ0) is 20.7. The molecule has 5 atom stereocenters. The van der Waals surface area contributed by atoms with Gasteiger partial charge in [-0.25, -0.2) is 0 Å². The maximum absolute atomic E-state index is 11.7. The molecule has 4 aliphatic rings. The van der Waals surface area contributed by atoms with Crippen LogP contribution in [-0.4, -0.2) is 41.2 Å². The Morgan fingerprint density at radius 3 is 2.73 bits per heavy atom. The van der Waals surface area contributed by atoms with Crippen molar-refractivity contribution in [3.8, 4) is 5.75 Å². The van der Waals surface area contributed by atoms with Crippen LogP contribution in [-0.2, 0) is 0 Å². The Morgan fingerprint density at radius 2 is 2.03 bits per heavy atom. The van der Waals surface area contributed by atoms with Gasteiger partial charge in [-0.15, -0.1) is 6.58 Å². The molecule has 3 aliphatic heterocycles. The molecule has 1 saturated carbocycles. The van der Waals surface area contributed by atoms with Gasteiger partial charge in [0.1, 0.15) is 5.75 Å². The molecule has 1 aromatic carbocycles. The van der Waals surface area contributed by atoms with Crippen molar-refractivity contribution in [3.63, 3.8) is 0 Å². The highest BCUT2D eigenvalue weighted by atomic mass is 16.5. The first kappa shape index (κ1) is 20.0. The van der Waals surface area contributed by atoms with Crippen LogP contribution in [0.2, 0.25) is 0 Å². The fourth-order valence-corrected chi connectivity index (χ4v) is 6.14. The molecule has 0 spiro atoms. The molecule has 160 valence electrons. The first-order valence-corrected chi connectivity index (χ1v) is 11.7. The number of piperidine rings is 3. The van der Waals surface area contributed by atoms with Gasteiger partial charge in [0.2, 0.25) is 0 Å². The van der Waals surface area contributed by atoms with Crippen molar-refractivity contribution in [2.24, 2.45) is 11.8 Å². The molecular formula is C26H34N2O2. The molecule has 1 aromatic heterocycles. The van der Waals surface area contributed by atoms with Gasteiger partial charge in [0, 0.05) is 29.6 Å². The van der Waals surface area contributed by atoms with Crippen LogP contribution in [0.3, 0.4) is 0 Å². The van der Waals surface area contributed by atoms with Gasteiger partial charge in [0.25, 0.3) is 0 Å². The van der Waals surface area contributed by atoms with Gasteiger partial charge >= 0.3 is 0 Å². The SMILES string of the molecule is C=C[C@H]1CN2CC[C@H]1C[C@H]2[C@H](O)c1cc(C2CCCCC2)nc2ccc(OC)cc12. The second-order valence-corrected chi connectivity index (χ2v) is 9.55. The molecule has 4 heterocycles. The van der Waals surface area contributed by atoms with E-state index in [2.05, 4.69) is 35.8 Å². The van der Waals surface area contributed by atoms with Crippen molar-refractivity contribution in [1.29, 1.82) is 0 Å². The average molecular weight is 407 g/mol. The number of aliphatic hydroxyl groups is 1. The minimum Gasteiger partial charge on any atom is -0.497 e. The number of pyridine rings is 1. The molecule has 0 amide bonds. The quantitative estimate of drug-likeness (QED) is 0.692. The maximum atomic E-state index is 11.7. The van der Waals surface area contributed by atoms with Gasteiger partial charge in [-0.3, -0.25) is 9.88 Å². The second-order valence-electron chi connectivity index (χ2n) is 9.55. The Bertz CT molecular complexity index is 921. The van der Waals surface area contributed by atoms with Crippen LogP contribution in [0.5, 0.6) is 5.75 Å².